The Hall–Kier alpha value is -4.71. The van der Waals surface area contributed by atoms with Crippen molar-refractivity contribution < 1.29 is 40.7 Å². The third-order valence-corrected chi connectivity index (χ3v) is 33.6. The molecule has 0 saturated carbocycles. The number of aryl methyl sites for hydroxylation is 6. The van der Waals surface area contributed by atoms with Crippen molar-refractivity contribution in [1.29, 1.82) is 0 Å². The molecule has 6 aromatic rings. The van der Waals surface area contributed by atoms with Crippen molar-refractivity contribution in [3.05, 3.63) is 176 Å². The molecule has 0 spiro atoms. The first kappa shape index (κ1) is 129. The highest BCUT2D eigenvalue weighted by Gasteiger charge is 2.35. The molecule has 0 aliphatic carbocycles. The Morgan fingerprint density at radius 1 is 0.214 bits per heavy atom. The molecule has 12 heteroatoms. The average Bonchev–Trinajstić information content (AvgIpc) is 0.755. The van der Waals surface area contributed by atoms with Gasteiger partial charge in [-0.1, -0.05) is 551 Å². The van der Waals surface area contributed by atoms with Gasteiger partial charge in [-0.25, -0.2) is 0 Å². The van der Waals surface area contributed by atoms with Crippen molar-refractivity contribution in [3.8, 4) is 34.5 Å². The number of rotatable bonds is 92. The summed E-state index contributed by atoms with van der Waals surface area (Å²) in [6.45, 7) is 46.0. The predicted octanol–water partition coefficient (Wildman–Crippen LogP) is 46.4. The maximum Gasteiger partial charge on any atom is 0.463 e. The van der Waals surface area contributed by atoms with Crippen molar-refractivity contribution in [2.75, 3.05) is 19.8 Å². The number of hydrogen-bond acceptors (Lipinski definition) is 9. The highest BCUT2D eigenvalue weighted by molar-refractivity contribution is 7.43. The third kappa shape index (κ3) is 58.3. The molecule has 0 heterocycles. The van der Waals surface area contributed by atoms with Crippen LogP contribution in [0.3, 0.4) is 0 Å². The van der Waals surface area contributed by atoms with Crippen molar-refractivity contribution in [2.45, 2.75) is 609 Å². The van der Waals surface area contributed by atoms with Crippen LogP contribution in [0.5, 0.6) is 34.5 Å². The fourth-order valence-electron chi connectivity index (χ4n) is 20.8. The Morgan fingerprint density at radius 3 is 0.593 bits per heavy atom. The van der Waals surface area contributed by atoms with Gasteiger partial charge in [0, 0.05) is 22.6 Å². The lowest BCUT2D eigenvalue weighted by Gasteiger charge is -2.33. The van der Waals surface area contributed by atoms with E-state index in [1.807, 2.05) is 0 Å². The first-order valence-corrected chi connectivity index (χ1v) is 64.8. The molecule has 0 N–H and O–H groups in total. The maximum absolute atomic E-state index is 7.41. The van der Waals surface area contributed by atoms with Crippen LogP contribution in [-0.4, -0.2) is 19.8 Å². The van der Waals surface area contributed by atoms with Crippen LogP contribution in [0.2, 0.25) is 0 Å². The second-order valence-corrected chi connectivity index (χ2v) is 50.4. The summed E-state index contributed by atoms with van der Waals surface area (Å²) in [5.41, 5.74) is 13.9. The summed E-state index contributed by atoms with van der Waals surface area (Å²) in [5, 5.41) is 0. The summed E-state index contributed by atoms with van der Waals surface area (Å²) in [6.07, 6.45) is 90.7. The molecule has 0 saturated heterocycles. The van der Waals surface area contributed by atoms with Gasteiger partial charge in [0.1, 0.15) is 34.5 Å². The zero-order chi connectivity index (χ0) is 104. The van der Waals surface area contributed by atoms with Gasteiger partial charge in [0.25, 0.3) is 0 Å². The van der Waals surface area contributed by atoms with Gasteiger partial charge < -0.3 is 27.1 Å². The Balaban J connectivity index is 1.38. The van der Waals surface area contributed by atoms with Crippen LogP contribution in [0.4, 0.5) is 0 Å². The van der Waals surface area contributed by atoms with E-state index in [-0.39, 0.29) is 28.1 Å². The zero-order valence-corrected chi connectivity index (χ0v) is 100. The molecular weight excluding hydrogens is 1830 g/mol. The van der Waals surface area contributed by atoms with Crippen molar-refractivity contribution in [2.24, 2.45) is 0 Å². The molecule has 9 nitrogen and oxygen atoms in total. The first-order chi connectivity index (χ1) is 70.4. The van der Waals surface area contributed by atoms with Gasteiger partial charge in [-0.3, -0.25) is 13.6 Å². The molecule has 0 radical (unpaired) electrons. The topological polar surface area (TPSA) is 83.1 Å². The molecule has 0 fully saturated rings. The molecule has 4 unspecified atom stereocenters. The Labute approximate surface area is 899 Å². The molecule has 0 aromatic heterocycles. The summed E-state index contributed by atoms with van der Waals surface area (Å²) in [6, 6.07) is 40.9. The van der Waals surface area contributed by atoms with Gasteiger partial charge in [0.2, 0.25) is 0 Å². The fraction of sp³-hybridized carbons (Fsp3) is 0.729. The molecule has 6 rings (SSSR count). The predicted molar refractivity (Wildman–Crippen MR) is 636 cm³/mol. The second-order valence-electron chi connectivity index (χ2n) is 47.2. The molecule has 0 aliphatic heterocycles. The smallest absolute Gasteiger partial charge is 0.418 e. The van der Waals surface area contributed by atoms with E-state index in [2.05, 4.69) is 241 Å². The first-order valence-electron chi connectivity index (χ1n) is 61.5. The van der Waals surface area contributed by atoms with E-state index in [1.54, 1.807) is 0 Å². The lowest BCUT2D eigenvalue weighted by molar-refractivity contribution is 0.256. The summed E-state index contributed by atoms with van der Waals surface area (Å²) in [4.78, 5) is 0. The van der Waals surface area contributed by atoms with Crippen molar-refractivity contribution >= 4 is 25.8 Å². The van der Waals surface area contributed by atoms with Crippen LogP contribution in [0.25, 0.3) is 0 Å². The van der Waals surface area contributed by atoms with Crippen LogP contribution < -0.4 is 27.1 Å². The number of unbranched alkanes of at least 4 members (excludes halogenated alkanes) is 60. The van der Waals surface area contributed by atoms with Gasteiger partial charge >= 0.3 is 25.8 Å². The Morgan fingerprint density at radius 2 is 0.393 bits per heavy atom. The molecule has 0 aliphatic rings. The quantitative estimate of drug-likeness (QED) is 0.0274. The highest BCUT2D eigenvalue weighted by atomic mass is 31.2. The van der Waals surface area contributed by atoms with Crippen LogP contribution in [0, 0.1) is 20.8 Å². The van der Waals surface area contributed by atoms with Gasteiger partial charge in [-0.05, 0) is 212 Å². The lowest BCUT2D eigenvalue weighted by Crippen LogP contribution is -2.19. The largest absolute Gasteiger partial charge is 0.463 e. The summed E-state index contributed by atoms with van der Waals surface area (Å²) >= 11 is 0. The molecule has 145 heavy (non-hydrogen) atoms. The lowest BCUT2D eigenvalue weighted by atomic mass is 9.74. The summed E-state index contributed by atoms with van der Waals surface area (Å²) in [7, 11) is -5.54. The molecule has 6 aromatic carbocycles. The van der Waals surface area contributed by atoms with Gasteiger partial charge in [-0.2, -0.15) is 0 Å². The van der Waals surface area contributed by atoms with Crippen LogP contribution in [0.15, 0.2) is 109 Å². The second kappa shape index (κ2) is 80.2. The summed E-state index contributed by atoms with van der Waals surface area (Å²) < 4.78 is 63.9. The number of benzene rings is 6. The minimum Gasteiger partial charge on any atom is -0.418 e. The van der Waals surface area contributed by atoms with Gasteiger partial charge in [0.05, 0.1) is 19.8 Å². The van der Waals surface area contributed by atoms with E-state index >= 15 is 0 Å². The van der Waals surface area contributed by atoms with Gasteiger partial charge in [-0.15, -0.1) is 0 Å². The molecule has 4 atom stereocenters. The Bertz CT molecular complexity index is 3950. The average molecular weight is 2060 g/mol. The summed E-state index contributed by atoms with van der Waals surface area (Å²) in [5.74, 6) is 4.80. The van der Waals surface area contributed by atoms with E-state index in [0.717, 1.165) is 127 Å². The number of hydrogen-bond donors (Lipinski definition) is 0. The monoisotopic (exact) mass is 2060 g/mol. The van der Waals surface area contributed by atoms with Crippen LogP contribution in [-0.2, 0) is 49.1 Å². The van der Waals surface area contributed by atoms with E-state index in [9.17, 15) is 0 Å². The van der Waals surface area contributed by atoms with Crippen molar-refractivity contribution in [1.82, 2.24) is 0 Å². The minimum absolute atomic E-state index is 0.0773. The van der Waals surface area contributed by atoms with Crippen LogP contribution in [0.1, 0.15) is 620 Å². The maximum atomic E-state index is 7.41. The van der Waals surface area contributed by atoms with Crippen molar-refractivity contribution in [3.63, 3.8) is 0 Å². The molecule has 0 amide bonds. The van der Waals surface area contributed by atoms with Gasteiger partial charge in [0.15, 0.2) is 0 Å². The van der Waals surface area contributed by atoms with E-state index in [0.29, 0.717) is 19.8 Å². The third-order valence-electron chi connectivity index (χ3n) is 30.3. The fourth-order valence-corrected chi connectivity index (χ4v) is 23.9. The SMILES string of the molecule is CCCCCCCCCCCCCCCCCCOP(Oc1ccc(CCCCCCCC)cc1)Oc1cc(C)c(C(C)CC(c2cc(C(C)(C)C)c(OP(OCCCCCCCCCCCCCCCCCC)Oc3ccc(CCCCCCCC)cc3)cc2C)c2cc(C(C)(C)C)c(OP(OCCCCCCCCCCCCCCCCCC)Oc3ccc(CCCCCCCC)cc3)cc2C)cc1C(C)(C)C. The van der Waals surface area contributed by atoms with E-state index in [4.69, 9.17) is 40.7 Å². The van der Waals surface area contributed by atoms with Crippen LogP contribution >= 0.6 is 25.8 Å². The minimum atomic E-state index is -1.86. The Kier molecular flexibility index (Phi) is 71.3. The standard InChI is InChI=1S/C133H223O9P3/c1-20-26-32-38-44-47-50-53-56-59-62-65-68-71-77-83-101-134-143(137-118-95-89-115(90-96-118)86-80-74-41-35-29-23-4)140-128-105-112(8)121(108-125(128)131(11,12)13)111(7)104-124(122-109-126(132(14,15)16)129(106-113(122)9)141-144(138-119-97-91-116(92-98-119)87-81-75-42-36-30-24-5)135-102-84-78-72-69-66-63-60-57-54-51-48-45-39-33-27-21-2)123-110-127(133(17,18)19)130(107-114(123)10)142-145(139-120-99-93-117(94-100-120)88-82-76-43-37-31-25-6)136-103-85-79-73-70-67-64-61-58-55-52-49-46-40-34-28-22-3/h89-100,105-111,124H,20-88,101-104H2,1-19H3. The van der Waals surface area contributed by atoms with E-state index < -0.39 is 25.8 Å². The zero-order valence-electron chi connectivity index (χ0n) is 97.7. The molecular formula is C133H223O9P3. The van der Waals surface area contributed by atoms with E-state index in [1.165, 1.54) is 424 Å². The molecule has 824 valence electrons. The normalized spacial score (nSPS) is 13.1. The highest BCUT2D eigenvalue weighted by Crippen LogP contribution is 2.53. The molecule has 0 bridgehead atoms.